The van der Waals surface area contributed by atoms with E-state index in [1.807, 2.05) is 0 Å². The van der Waals surface area contributed by atoms with Crippen LogP contribution in [0.2, 0.25) is 0 Å². The Morgan fingerprint density at radius 3 is 2.55 bits per heavy atom. The Kier molecular flexibility index (Phi) is 3.18. The lowest BCUT2D eigenvalue weighted by Gasteiger charge is -2.32. The topological polar surface area (TPSA) is 107 Å². The number of ether oxygens (including phenoxy) is 1. The highest BCUT2D eigenvalue weighted by Crippen LogP contribution is 2.35. The van der Waals surface area contributed by atoms with Gasteiger partial charge in [0.25, 0.3) is 0 Å². The molecule has 0 aromatic heterocycles. The molecule has 3 rings (SSSR count). The number of hydrogen-bond acceptors (Lipinski definition) is 6. The van der Waals surface area contributed by atoms with Gasteiger partial charge < -0.3 is 25.2 Å². The third-order valence-electron chi connectivity index (χ3n) is 3.64. The zero-order valence-electron chi connectivity index (χ0n) is 11.5. The standard InChI is InChI=1S/C16H14O6/c17-10-2-3-11-14(6-10)22-8-16(21,15(11)20)7-9-1-4-12(18)13(19)5-9/h1-6,17-19,21H,7-8H2. The summed E-state index contributed by atoms with van der Waals surface area (Å²) in [6, 6.07) is 8.14. The minimum Gasteiger partial charge on any atom is -0.508 e. The SMILES string of the molecule is O=C1c2ccc(O)cc2OCC1(O)Cc1ccc(O)c(O)c1. The molecule has 1 heterocycles. The van der Waals surface area contributed by atoms with Crippen LogP contribution in [0, 0.1) is 0 Å². The normalized spacial score (nSPS) is 20.3. The molecule has 0 fully saturated rings. The van der Waals surface area contributed by atoms with Crippen LogP contribution < -0.4 is 4.74 Å². The van der Waals surface area contributed by atoms with Crippen LogP contribution >= 0.6 is 0 Å². The van der Waals surface area contributed by atoms with E-state index in [9.17, 15) is 25.2 Å². The van der Waals surface area contributed by atoms with E-state index in [1.54, 1.807) is 0 Å². The van der Waals surface area contributed by atoms with E-state index in [0.29, 0.717) is 5.56 Å². The van der Waals surface area contributed by atoms with Crippen molar-refractivity contribution in [3.63, 3.8) is 0 Å². The first-order valence-corrected chi connectivity index (χ1v) is 6.63. The molecule has 1 atom stereocenters. The number of carbonyl (C=O) groups is 1. The second-order valence-electron chi connectivity index (χ2n) is 5.33. The van der Waals surface area contributed by atoms with Gasteiger partial charge in [-0.05, 0) is 29.8 Å². The molecule has 2 aromatic carbocycles. The predicted molar refractivity (Wildman–Crippen MR) is 76.4 cm³/mol. The number of carbonyl (C=O) groups excluding carboxylic acids is 1. The average molecular weight is 302 g/mol. The Balaban J connectivity index is 1.92. The zero-order valence-corrected chi connectivity index (χ0v) is 11.5. The summed E-state index contributed by atoms with van der Waals surface area (Å²) in [7, 11) is 0. The van der Waals surface area contributed by atoms with Crippen molar-refractivity contribution in [2.45, 2.75) is 12.0 Å². The summed E-state index contributed by atoms with van der Waals surface area (Å²) < 4.78 is 5.37. The summed E-state index contributed by atoms with van der Waals surface area (Å²) >= 11 is 0. The van der Waals surface area contributed by atoms with E-state index in [-0.39, 0.29) is 41.6 Å². The number of phenolic OH excluding ortho intramolecular Hbond substituents is 3. The Morgan fingerprint density at radius 1 is 1.05 bits per heavy atom. The Labute approximate surface area is 125 Å². The molecular formula is C16H14O6. The first-order chi connectivity index (χ1) is 10.4. The van der Waals surface area contributed by atoms with Crippen LogP contribution in [0.3, 0.4) is 0 Å². The summed E-state index contributed by atoms with van der Waals surface area (Å²) in [4.78, 5) is 12.5. The molecule has 1 aliphatic rings. The molecule has 0 radical (unpaired) electrons. The van der Waals surface area contributed by atoms with Crippen LogP contribution in [-0.4, -0.2) is 38.4 Å². The molecule has 0 saturated carbocycles. The van der Waals surface area contributed by atoms with Crippen LogP contribution in [-0.2, 0) is 6.42 Å². The third kappa shape index (κ3) is 2.33. The molecule has 0 bridgehead atoms. The van der Waals surface area contributed by atoms with E-state index in [4.69, 9.17) is 4.74 Å². The minimum atomic E-state index is -1.77. The number of rotatable bonds is 2. The van der Waals surface area contributed by atoms with Crippen molar-refractivity contribution in [3.8, 4) is 23.0 Å². The van der Waals surface area contributed by atoms with E-state index in [2.05, 4.69) is 0 Å². The number of phenols is 3. The maximum absolute atomic E-state index is 12.5. The van der Waals surface area contributed by atoms with Crippen molar-refractivity contribution in [1.82, 2.24) is 0 Å². The minimum absolute atomic E-state index is 0.0274. The molecule has 0 saturated heterocycles. The van der Waals surface area contributed by atoms with Gasteiger partial charge in [-0.2, -0.15) is 0 Å². The fourth-order valence-electron chi connectivity index (χ4n) is 2.48. The first-order valence-electron chi connectivity index (χ1n) is 6.63. The van der Waals surface area contributed by atoms with Crippen LogP contribution in [0.25, 0.3) is 0 Å². The van der Waals surface area contributed by atoms with Crippen molar-refractivity contribution in [2.24, 2.45) is 0 Å². The molecule has 1 aliphatic heterocycles. The van der Waals surface area contributed by atoms with Gasteiger partial charge in [0.15, 0.2) is 17.1 Å². The molecule has 6 heteroatoms. The van der Waals surface area contributed by atoms with Gasteiger partial charge in [0, 0.05) is 12.5 Å². The molecule has 4 N–H and O–H groups in total. The lowest BCUT2D eigenvalue weighted by Crippen LogP contribution is -2.49. The Bertz CT molecular complexity index is 754. The van der Waals surface area contributed by atoms with Crippen LogP contribution in [0.1, 0.15) is 15.9 Å². The number of fused-ring (bicyclic) bond motifs is 1. The molecule has 0 aliphatic carbocycles. The van der Waals surface area contributed by atoms with Crippen molar-refractivity contribution in [2.75, 3.05) is 6.61 Å². The molecule has 2 aromatic rings. The summed E-state index contributed by atoms with van der Waals surface area (Å²) in [5, 5.41) is 38.8. The number of aromatic hydroxyl groups is 3. The maximum atomic E-state index is 12.5. The maximum Gasteiger partial charge on any atom is 0.201 e. The molecule has 114 valence electrons. The summed E-state index contributed by atoms with van der Waals surface area (Å²) in [5.74, 6) is -0.914. The van der Waals surface area contributed by atoms with E-state index < -0.39 is 11.4 Å². The molecule has 0 spiro atoms. The van der Waals surface area contributed by atoms with Crippen molar-refractivity contribution >= 4 is 5.78 Å². The third-order valence-corrected chi connectivity index (χ3v) is 3.64. The second kappa shape index (κ2) is 4.92. The second-order valence-corrected chi connectivity index (χ2v) is 5.33. The average Bonchev–Trinajstić information content (AvgIpc) is 2.47. The highest BCUT2D eigenvalue weighted by molar-refractivity contribution is 6.05. The molecule has 1 unspecified atom stereocenters. The van der Waals surface area contributed by atoms with E-state index in [0.717, 1.165) is 0 Å². The Hall–Kier alpha value is -2.73. The number of hydrogen-bond donors (Lipinski definition) is 4. The summed E-state index contributed by atoms with van der Waals surface area (Å²) in [6.07, 6.45) is -0.0695. The number of benzene rings is 2. The lowest BCUT2D eigenvalue weighted by molar-refractivity contribution is -0.00201. The summed E-state index contributed by atoms with van der Waals surface area (Å²) in [6.45, 7) is -0.260. The molecule has 0 amide bonds. The monoisotopic (exact) mass is 302 g/mol. The van der Waals surface area contributed by atoms with E-state index in [1.165, 1.54) is 36.4 Å². The van der Waals surface area contributed by atoms with Crippen LogP contribution in [0.15, 0.2) is 36.4 Å². The van der Waals surface area contributed by atoms with Crippen molar-refractivity contribution < 1.29 is 30.0 Å². The molecule has 22 heavy (non-hydrogen) atoms. The quantitative estimate of drug-likeness (QED) is 0.624. The van der Waals surface area contributed by atoms with Gasteiger partial charge in [-0.3, -0.25) is 4.79 Å². The van der Waals surface area contributed by atoms with Gasteiger partial charge in [-0.1, -0.05) is 6.07 Å². The lowest BCUT2D eigenvalue weighted by atomic mass is 9.85. The predicted octanol–water partition coefficient (Wildman–Crippen LogP) is 1.35. The first kappa shape index (κ1) is 14.2. The fraction of sp³-hybridized carbons (Fsp3) is 0.188. The highest BCUT2D eigenvalue weighted by atomic mass is 16.5. The summed E-state index contributed by atoms with van der Waals surface area (Å²) in [5.41, 5.74) is -1.10. The Morgan fingerprint density at radius 2 is 1.82 bits per heavy atom. The molecule has 6 nitrogen and oxygen atoms in total. The highest BCUT2D eigenvalue weighted by Gasteiger charge is 2.42. The van der Waals surface area contributed by atoms with Crippen molar-refractivity contribution in [1.29, 1.82) is 0 Å². The smallest absolute Gasteiger partial charge is 0.201 e. The van der Waals surface area contributed by atoms with Gasteiger partial charge in [0.1, 0.15) is 18.1 Å². The van der Waals surface area contributed by atoms with Gasteiger partial charge in [0.2, 0.25) is 5.78 Å². The number of ketones is 1. The van der Waals surface area contributed by atoms with Gasteiger partial charge in [0.05, 0.1) is 5.56 Å². The fourth-order valence-corrected chi connectivity index (χ4v) is 2.48. The van der Waals surface area contributed by atoms with Crippen LogP contribution in [0.5, 0.6) is 23.0 Å². The van der Waals surface area contributed by atoms with Gasteiger partial charge in [-0.15, -0.1) is 0 Å². The largest absolute Gasteiger partial charge is 0.508 e. The molecular weight excluding hydrogens is 288 g/mol. The van der Waals surface area contributed by atoms with Crippen molar-refractivity contribution in [3.05, 3.63) is 47.5 Å². The number of aliphatic hydroxyl groups is 1. The zero-order chi connectivity index (χ0) is 15.9. The van der Waals surface area contributed by atoms with E-state index >= 15 is 0 Å². The van der Waals surface area contributed by atoms with Gasteiger partial charge >= 0.3 is 0 Å². The number of Topliss-reactive ketones (excluding diaryl/α,β-unsaturated/α-hetero) is 1. The van der Waals surface area contributed by atoms with Gasteiger partial charge in [-0.25, -0.2) is 0 Å². The van der Waals surface area contributed by atoms with Crippen LogP contribution in [0.4, 0.5) is 0 Å².